The van der Waals surface area contributed by atoms with E-state index in [1.54, 1.807) is 6.08 Å². The molecule has 1 heterocycles. The van der Waals surface area contributed by atoms with Gasteiger partial charge in [-0.3, -0.25) is 4.79 Å². The summed E-state index contributed by atoms with van der Waals surface area (Å²) >= 11 is 0. The van der Waals surface area contributed by atoms with Crippen molar-refractivity contribution in [3.63, 3.8) is 0 Å². The van der Waals surface area contributed by atoms with Gasteiger partial charge in [-0.2, -0.15) is 0 Å². The summed E-state index contributed by atoms with van der Waals surface area (Å²) in [5.74, 6) is 1.08. The van der Waals surface area contributed by atoms with Gasteiger partial charge in [0, 0.05) is 11.8 Å². The van der Waals surface area contributed by atoms with Crippen LogP contribution in [-0.4, -0.2) is 5.78 Å². The molecule has 0 radical (unpaired) electrons. The number of carbonyl (C=O) groups is 1. The molecule has 0 spiro atoms. The SMILES string of the molecule is Cc1cccc2cc(C3=CC(=O)CCCC3)oc12. The number of furan rings is 1. The van der Waals surface area contributed by atoms with E-state index in [2.05, 4.69) is 6.07 Å². The van der Waals surface area contributed by atoms with Crippen molar-refractivity contribution in [3.05, 3.63) is 41.7 Å². The van der Waals surface area contributed by atoms with E-state index in [0.717, 1.165) is 47.1 Å². The first-order valence-electron chi connectivity index (χ1n) is 6.47. The lowest BCUT2D eigenvalue weighted by Gasteiger charge is -1.99. The van der Waals surface area contributed by atoms with Crippen molar-refractivity contribution in [2.24, 2.45) is 0 Å². The quantitative estimate of drug-likeness (QED) is 0.745. The van der Waals surface area contributed by atoms with Crippen LogP contribution in [0.1, 0.15) is 37.0 Å². The third-order valence-corrected chi connectivity index (χ3v) is 3.51. The van der Waals surface area contributed by atoms with Crippen LogP contribution in [0.3, 0.4) is 0 Å². The van der Waals surface area contributed by atoms with Crippen molar-refractivity contribution < 1.29 is 9.21 Å². The molecule has 18 heavy (non-hydrogen) atoms. The number of fused-ring (bicyclic) bond motifs is 1. The van der Waals surface area contributed by atoms with Crippen LogP contribution in [0.5, 0.6) is 0 Å². The van der Waals surface area contributed by atoms with Gasteiger partial charge in [0.2, 0.25) is 0 Å². The number of benzene rings is 1. The molecule has 0 aliphatic heterocycles. The first-order valence-corrected chi connectivity index (χ1v) is 6.47. The molecular weight excluding hydrogens is 224 g/mol. The van der Waals surface area contributed by atoms with E-state index in [9.17, 15) is 4.79 Å². The smallest absolute Gasteiger partial charge is 0.156 e. The van der Waals surface area contributed by atoms with Gasteiger partial charge in [0.25, 0.3) is 0 Å². The van der Waals surface area contributed by atoms with E-state index in [-0.39, 0.29) is 5.78 Å². The maximum Gasteiger partial charge on any atom is 0.156 e. The van der Waals surface area contributed by atoms with Crippen molar-refractivity contribution in [2.75, 3.05) is 0 Å². The minimum absolute atomic E-state index is 0.222. The Balaban J connectivity index is 2.08. The van der Waals surface area contributed by atoms with Gasteiger partial charge in [-0.05, 0) is 49.5 Å². The molecule has 0 fully saturated rings. The topological polar surface area (TPSA) is 30.2 Å². The molecule has 2 nitrogen and oxygen atoms in total. The van der Waals surface area contributed by atoms with Crippen molar-refractivity contribution in [2.45, 2.75) is 32.6 Å². The lowest BCUT2D eigenvalue weighted by molar-refractivity contribution is -0.114. The molecule has 1 aliphatic rings. The first-order chi connectivity index (χ1) is 8.74. The average molecular weight is 240 g/mol. The molecule has 0 saturated carbocycles. The van der Waals surface area contributed by atoms with Crippen molar-refractivity contribution in [1.82, 2.24) is 0 Å². The van der Waals surface area contributed by atoms with Crippen LogP contribution >= 0.6 is 0 Å². The van der Waals surface area contributed by atoms with Crippen LogP contribution in [0, 0.1) is 6.92 Å². The highest BCUT2D eigenvalue weighted by atomic mass is 16.3. The molecule has 2 aromatic rings. The fourth-order valence-electron chi connectivity index (χ4n) is 2.51. The van der Waals surface area contributed by atoms with Crippen LogP contribution in [0.2, 0.25) is 0 Å². The third-order valence-electron chi connectivity index (χ3n) is 3.51. The van der Waals surface area contributed by atoms with Crippen LogP contribution in [0.15, 0.2) is 34.8 Å². The molecule has 2 heteroatoms. The Kier molecular flexibility index (Phi) is 2.78. The molecule has 92 valence electrons. The number of hydrogen-bond donors (Lipinski definition) is 0. The Morgan fingerprint density at radius 2 is 2.00 bits per heavy atom. The third kappa shape index (κ3) is 1.99. The Labute approximate surface area is 106 Å². The monoisotopic (exact) mass is 240 g/mol. The summed E-state index contributed by atoms with van der Waals surface area (Å²) in [7, 11) is 0. The second kappa shape index (κ2) is 4.45. The zero-order valence-corrected chi connectivity index (χ0v) is 10.5. The van der Waals surface area contributed by atoms with Gasteiger partial charge in [-0.1, -0.05) is 18.2 Å². The second-order valence-electron chi connectivity index (χ2n) is 4.95. The molecule has 0 saturated heterocycles. The van der Waals surface area contributed by atoms with Crippen LogP contribution in [0.4, 0.5) is 0 Å². The Morgan fingerprint density at radius 1 is 1.17 bits per heavy atom. The fraction of sp³-hybridized carbons (Fsp3) is 0.312. The number of hydrogen-bond acceptors (Lipinski definition) is 2. The van der Waals surface area contributed by atoms with Crippen LogP contribution < -0.4 is 0 Å². The normalized spacial score (nSPS) is 16.7. The average Bonchev–Trinajstić information content (AvgIpc) is 2.67. The number of para-hydroxylation sites is 1. The number of rotatable bonds is 1. The Hall–Kier alpha value is -1.83. The minimum Gasteiger partial charge on any atom is -0.456 e. The predicted molar refractivity (Wildman–Crippen MR) is 72.4 cm³/mol. The summed E-state index contributed by atoms with van der Waals surface area (Å²) in [6.07, 6.45) is 5.42. The molecule has 0 atom stereocenters. The van der Waals surface area contributed by atoms with Gasteiger partial charge < -0.3 is 4.42 Å². The van der Waals surface area contributed by atoms with E-state index in [4.69, 9.17) is 4.42 Å². The minimum atomic E-state index is 0.222. The molecule has 0 bridgehead atoms. The highest BCUT2D eigenvalue weighted by Gasteiger charge is 2.14. The molecular formula is C16H16O2. The number of ketones is 1. The van der Waals surface area contributed by atoms with E-state index in [0.29, 0.717) is 6.42 Å². The Bertz CT molecular complexity index is 632. The van der Waals surface area contributed by atoms with E-state index < -0.39 is 0 Å². The Morgan fingerprint density at radius 3 is 2.83 bits per heavy atom. The molecule has 0 N–H and O–H groups in total. The zero-order valence-electron chi connectivity index (χ0n) is 10.5. The molecule has 0 amide bonds. The van der Waals surface area contributed by atoms with Gasteiger partial charge in [-0.25, -0.2) is 0 Å². The van der Waals surface area contributed by atoms with Gasteiger partial charge >= 0.3 is 0 Å². The molecule has 0 unspecified atom stereocenters. The van der Waals surface area contributed by atoms with Gasteiger partial charge in [-0.15, -0.1) is 0 Å². The highest BCUT2D eigenvalue weighted by molar-refractivity contribution is 5.97. The fourth-order valence-corrected chi connectivity index (χ4v) is 2.51. The first kappa shape index (κ1) is 11.3. The van der Waals surface area contributed by atoms with Gasteiger partial charge in [0.15, 0.2) is 5.78 Å². The van der Waals surface area contributed by atoms with E-state index in [1.807, 2.05) is 25.1 Å². The number of allylic oxidation sites excluding steroid dienone is 2. The summed E-state index contributed by atoms with van der Waals surface area (Å²) in [6.45, 7) is 2.04. The van der Waals surface area contributed by atoms with Crippen molar-refractivity contribution >= 4 is 22.3 Å². The lowest BCUT2D eigenvalue weighted by Crippen LogP contribution is -1.89. The van der Waals surface area contributed by atoms with Crippen molar-refractivity contribution in [1.29, 1.82) is 0 Å². The molecule has 3 rings (SSSR count). The molecule has 1 aromatic heterocycles. The molecule has 1 aromatic carbocycles. The number of aryl methyl sites for hydroxylation is 1. The second-order valence-corrected chi connectivity index (χ2v) is 4.95. The van der Waals surface area contributed by atoms with Crippen LogP contribution in [-0.2, 0) is 4.79 Å². The van der Waals surface area contributed by atoms with E-state index in [1.165, 1.54) is 0 Å². The predicted octanol–water partition coefficient (Wildman–Crippen LogP) is 4.27. The van der Waals surface area contributed by atoms with Gasteiger partial charge in [0.05, 0.1) is 0 Å². The largest absolute Gasteiger partial charge is 0.456 e. The lowest BCUT2D eigenvalue weighted by atomic mass is 10.1. The maximum absolute atomic E-state index is 11.6. The van der Waals surface area contributed by atoms with Gasteiger partial charge in [0.1, 0.15) is 11.3 Å². The summed E-state index contributed by atoms with van der Waals surface area (Å²) in [6, 6.07) is 8.17. The summed E-state index contributed by atoms with van der Waals surface area (Å²) in [5, 5.41) is 1.11. The maximum atomic E-state index is 11.6. The zero-order chi connectivity index (χ0) is 12.5. The van der Waals surface area contributed by atoms with Crippen molar-refractivity contribution in [3.8, 4) is 0 Å². The highest BCUT2D eigenvalue weighted by Crippen LogP contribution is 2.31. The standard InChI is InChI=1S/C16H16O2/c1-11-5-4-7-13-10-15(18-16(11)13)12-6-2-3-8-14(17)9-12/h4-5,7,9-10H,2-3,6,8H2,1H3. The summed E-state index contributed by atoms with van der Waals surface area (Å²) in [4.78, 5) is 11.6. The van der Waals surface area contributed by atoms with Crippen LogP contribution in [0.25, 0.3) is 16.5 Å². The molecule has 1 aliphatic carbocycles. The summed E-state index contributed by atoms with van der Waals surface area (Å²) < 4.78 is 5.92. The number of carbonyl (C=O) groups excluding carboxylic acids is 1. The summed E-state index contributed by atoms with van der Waals surface area (Å²) in [5.41, 5.74) is 3.12. The van der Waals surface area contributed by atoms with E-state index >= 15 is 0 Å².